The number of halogens is 2. The van der Waals surface area contributed by atoms with Crippen LogP contribution < -0.4 is 5.32 Å². The predicted molar refractivity (Wildman–Crippen MR) is 72.3 cm³/mol. The Morgan fingerprint density at radius 2 is 2.05 bits per heavy atom. The summed E-state index contributed by atoms with van der Waals surface area (Å²) in [5.74, 6) is -2.16. The van der Waals surface area contributed by atoms with Crippen molar-refractivity contribution in [3.63, 3.8) is 0 Å². The molecule has 0 bridgehead atoms. The summed E-state index contributed by atoms with van der Waals surface area (Å²) in [5, 5.41) is 12.6. The van der Waals surface area contributed by atoms with Gasteiger partial charge in [0.25, 0.3) is 0 Å². The van der Waals surface area contributed by atoms with Crippen LogP contribution in [-0.2, 0) is 9.59 Å². The first kappa shape index (κ1) is 14.2. The van der Waals surface area contributed by atoms with Gasteiger partial charge >= 0.3 is 5.97 Å². The minimum absolute atomic E-state index is 0.254. The van der Waals surface area contributed by atoms with Crippen molar-refractivity contribution in [1.29, 1.82) is 0 Å². The van der Waals surface area contributed by atoms with Crippen molar-refractivity contribution in [2.75, 3.05) is 0 Å². The van der Waals surface area contributed by atoms with Crippen LogP contribution in [0, 0.1) is 11.8 Å². The van der Waals surface area contributed by atoms with Crippen LogP contribution in [-0.4, -0.2) is 17.0 Å². The molecule has 4 nitrogen and oxygen atoms in total. The zero-order valence-corrected chi connectivity index (χ0v) is 11.7. The van der Waals surface area contributed by atoms with Gasteiger partial charge in [0.15, 0.2) is 0 Å². The highest BCUT2D eigenvalue weighted by molar-refractivity contribution is 6.33. The van der Waals surface area contributed by atoms with E-state index in [0.717, 1.165) is 5.56 Å². The zero-order valence-electron chi connectivity index (χ0n) is 10.2. The summed E-state index contributed by atoms with van der Waals surface area (Å²) in [4.78, 5) is 22.6. The summed E-state index contributed by atoms with van der Waals surface area (Å²) in [7, 11) is 0. The number of nitrogens with one attached hydrogen (secondary N) is 1. The molecular formula is C13H13Cl2NO3. The van der Waals surface area contributed by atoms with Gasteiger partial charge in [0, 0.05) is 10.0 Å². The molecule has 0 aromatic heterocycles. The van der Waals surface area contributed by atoms with E-state index in [-0.39, 0.29) is 11.9 Å². The molecule has 0 radical (unpaired) electrons. The number of carboxylic acids is 1. The maximum atomic E-state index is 11.8. The molecule has 2 rings (SSSR count). The fourth-order valence-corrected chi connectivity index (χ4v) is 2.46. The monoisotopic (exact) mass is 301 g/mol. The third-order valence-corrected chi connectivity index (χ3v) is 3.81. The molecule has 1 aromatic carbocycles. The third-order valence-electron chi connectivity index (χ3n) is 3.23. The average Bonchev–Trinajstić information content (AvgIpc) is 3.12. The second-order valence-corrected chi connectivity index (χ2v) is 5.53. The molecule has 0 saturated heterocycles. The minimum atomic E-state index is -0.923. The number of carbonyl (C=O) groups excluding carboxylic acids is 1. The van der Waals surface area contributed by atoms with E-state index < -0.39 is 17.8 Å². The van der Waals surface area contributed by atoms with E-state index in [2.05, 4.69) is 5.32 Å². The van der Waals surface area contributed by atoms with Crippen LogP contribution in [0.3, 0.4) is 0 Å². The van der Waals surface area contributed by atoms with Gasteiger partial charge in [-0.3, -0.25) is 9.59 Å². The molecule has 1 aliphatic carbocycles. The summed E-state index contributed by atoms with van der Waals surface area (Å²) in [6, 6.07) is 4.72. The molecule has 3 atom stereocenters. The summed E-state index contributed by atoms with van der Waals surface area (Å²) < 4.78 is 0. The fourth-order valence-electron chi connectivity index (χ4n) is 2.00. The highest BCUT2D eigenvalue weighted by Gasteiger charge is 2.48. The van der Waals surface area contributed by atoms with Crippen LogP contribution in [0.25, 0.3) is 0 Å². The Bertz CT molecular complexity index is 533. The van der Waals surface area contributed by atoms with E-state index in [1.165, 1.54) is 0 Å². The molecule has 6 heteroatoms. The van der Waals surface area contributed by atoms with Crippen molar-refractivity contribution in [3.8, 4) is 0 Å². The minimum Gasteiger partial charge on any atom is -0.481 e. The Labute approximate surface area is 120 Å². The van der Waals surface area contributed by atoms with E-state index in [1.807, 2.05) is 0 Å². The number of hydrogen-bond acceptors (Lipinski definition) is 2. The fraction of sp³-hybridized carbons (Fsp3) is 0.385. The van der Waals surface area contributed by atoms with Crippen molar-refractivity contribution in [1.82, 2.24) is 5.32 Å². The topological polar surface area (TPSA) is 66.4 Å². The van der Waals surface area contributed by atoms with E-state index in [9.17, 15) is 9.59 Å². The van der Waals surface area contributed by atoms with Gasteiger partial charge in [-0.25, -0.2) is 0 Å². The van der Waals surface area contributed by atoms with Gasteiger partial charge in [0.05, 0.1) is 17.9 Å². The van der Waals surface area contributed by atoms with Crippen LogP contribution >= 0.6 is 23.2 Å². The Balaban J connectivity index is 2.01. The smallest absolute Gasteiger partial charge is 0.307 e. The van der Waals surface area contributed by atoms with Crippen LogP contribution in [0.5, 0.6) is 0 Å². The molecule has 102 valence electrons. The summed E-state index contributed by atoms with van der Waals surface area (Å²) in [5.41, 5.74) is 0.718. The normalized spacial score (nSPS) is 22.7. The molecule has 1 saturated carbocycles. The van der Waals surface area contributed by atoms with Crippen LogP contribution in [0.15, 0.2) is 18.2 Å². The highest BCUT2D eigenvalue weighted by Crippen LogP contribution is 2.39. The first-order valence-corrected chi connectivity index (χ1v) is 6.64. The van der Waals surface area contributed by atoms with Gasteiger partial charge in [-0.05, 0) is 37.1 Å². The zero-order chi connectivity index (χ0) is 14.2. The first-order chi connectivity index (χ1) is 8.90. The molecule has 0 spiro atoms. The van der Waals surface area contributed by atoms with Crippen LogP contribution in [0.1, 0.15) is 24.9 Å². The number of benzene rings is 1. The first-order valence-electron chi connectivity index (χ1n) is 5.88. The molecule has 1 fully saturated rings. The average molecular weight is 302 g/mol. The quantitative estimate of drug-likeness (QED) is 0.898. The number of carbonyl (C=O) groups is 2. The Morgan fingerprint density at radius 3 is 2.63 bits per heavy atom. The lowest BCUT2D eigenvalue weighted by atomic mass is 10.1. The second-order valence-electron chi connectivity index (χ2n) is 4.68. The van der Waals surface area contributed by atoms with Crippen molar-refractivity contribution in [2.45, 2.75) is 19.4 Å². The van der Waals surface area contributed by atoms with Gasteiger partial charge in [-0.1, -0.05) is 23.2 Å². The van der Waals surface area contributed by atoms with E-state index >= 15 is 0 Å². The van der Waals surface area contributed by atoms with E-state index in [4.69, 9.17) is 28.3 Å². The molecule has 2 N–H and O–H groups in total. The number of aliphatic carboxylic acids is 1. The number of carboxylic acid groups (broad SMARTS) is 1. The van der Waals surface area contributed by atoms with Gasteiger partial charge in [0.1, 0.15) is 0 Å². The van der Waals surface area contributed by atoms with Crippen LogP contribution in [0.4, 0.5) is 0 Å². The number of amides is 1. The number of hydrogen-bond donors (Lipinski definition) is 2. The van der Waals surface area contributed by atoms with Gasteiger partial charge in [-0.15, -0.1) is 0 Å². The van der Waals surface area contributed by atoms with E-state index in [0.29, 0.717) is 16.5 Å². The van der Waals surface area contributed by atoms with Crippen molar-refractivity contribution in [3.05, 3.63) is 33.8 Å². The number of rotatable bonds is 4. The van der Waals surface area contributed by atoms with Crippen LogP contribution in [0.2, 0.25) is 10.0 Å². The Hall–Kier alpha value is -1.26. The highest BCUT2D eigenvalue weighted by atomic mass is 35.5. The standard InChI is InChI=1S/C13H13Cl2NO3/c1-6(8-4-7(14)2-3-11(8)15)16-12(17)9-5-10(9)13(18)19/h2-4,6,9-10H,5H2,1H3,(H,16,17)(H,18,19). The Morgan fingerprint density at radius 1 is 1.37 bits per heavy atom. The van der Waals surface area contributed by atoms with Crippen molar-refractivity contribution in [2.24, 2.45) is 11.8 Å². The van der Waals surface area contributed by atoms with Gasteiger partial charge in [-0.2, -0.15) is 0 Å². The second kappa shape index (κ2) is 5.39. The molecular weight excluding hydrogens is 289 g/mol. The maximum absolute atomic E-state index is 11.8. The van der Waals surface area contributed by atoms with Crippen molar-refractivity contribution < 1.29 is 14.7 Å². The summed E-state index contributed by atoms with van der Waals surface area (Å²) in [6.07, 6.45) is 0.400. The molecule has 0 heterocycles. The molecule has 19 heavy (non-hydrogen) atoms. The summed E-state index contributed by atoms with van der Waals surface area (Å²) >= 11 is 11.9. The largest absolute Gasteiger partial charge is 0.481 e. The van der Waals surface area contributed by atoms with Gasteiger partial charge in [0.2, 0.25) is 5.91 Å². The molecule has 1 aliphatic rings. The van der Waals surface area contributed by atoms with Gasteiger partial charge < -0.3 is 10.4 Å². The lowest BCUT2D eigenvalue weighted by molar-refractivity contribution is -0.140. The SMILES string of the molecule is CC(NC(=O)C1CC1C(=O)O)c1cc(Cl)ccc1Cl. The van der Waals surface area contributed by atoms with E-state index in [1.54, 1.807) is 25.1 Å². The van der Waals surface area contributed by atoms with Crippen molar-refractivity contribution >= 4 is 35.1 Å². The Kier molecular flexibility index (Phi) is 4.02. The molecule has 1 amide bonds. The summed E-state index contributed by atoms with van der Waals surface area (Å²) in [6.45, 7) is 1.79. The predicted octanol–water partition coefficient (Wildman–Crippen LogP) is 2.89. The maximum Gasteiger partial charge on any atom is 0.307 e. The third kappa shape index (κ3) is 3.19. The molecule has 1 aromatic rings. The molecule has 3 unspecified atom stereocenters. The molecule has 0 aliphatic heterocycles. The lowest BCUT2D eigenvalue weighted by Gasteiger charge is -2.16. The lowest BCUT2D eigenvalue weighted by Crippen LogP contribution is -2.29.